The van der Waals surface area contributed by atoms with Gasteiger partial charge in [0.05, 0.1) is 5.56 Å². The highest BCUT2D eigenvalue weighted by molar-refractivity contribution is 5.31. The molecule has 5 heteroatoms. The van der Waals surface area contributed by atoms with Crippen molar-refractivity contribution in [2.45, 2.75) is 12.2 Å². The first-order chi connectivity index (χ1) is 6.99. The third-order valence-corrected chi connectivity index (χ3v) is 1.88. The van der Waals surface area contributed by atoms with Gasteiger partial charge < -0.3 is 0 Å². The predicted octanol–water partition coefficient (Wildman–Crippen LogP) is 1.84. The molecule has 0 spiro atoms. The van der Waals surface area contributed by atoms with Gasteiger partial charge in [0.1, 0.15) is 6.04 Å². The summed E-state index contributed by atoms with van der Waals surface area (Å²) in [7, 11) is 0. The van der Waals surface area contributed by atoms with E-state index < -0.39 is 17.8 Å². The molecule has 3 N–H and O–H groups in total. The molecule has 0 radical (unpaired) electrons. The molecular formula is C10H9F3N2. The maximum Gasteiger partial charge on any atom is 0.416 e. The quantitative estimate of drug-likeness (QED) is 0.448. The predicted molar refractivity (Wildman–Crippen MR) is 50.3 cm³/mol. The van der Waals surface area contributed by atoms with E-state index in [9.17, 15) is 13.2 Å². The summed E-state index contributed by atoms with van der Waals surface area (Å²) in [6, 6.07) is 4.02. The van der Waals surface area contributed by atoms with Gasteiger partial charge in [-0.1, -0.05) is 18.1 Å². The van der Waals surface area contributed by atoms with Gasteiger partial charge in [0, 0.05) is 0 Å². The molecule has 15 heavy (non-hydrogen) atoms. The van der Waals surface area contributed by atoms with Crippen molar-refractivity contribution in [3.05, 3.63) is 35.4 Å². The summed E-state index contributed by atoms with van der Waals surface area (Å²) < 4.78 is 37.0. The Morgan fingerprint density at radius 1 is 1.40 bits per heavy atom. The molecule has 1 unspecified atom stereocenters. The minimum Gasteiger partial charge on any atom is -0.270 e. The third kappa shape index (κ3) is 2.72. The van der Waals surface area contributed by atoms with Gasteiger partial charge >= 0.3 is 6.18 Å². The maximum absolute atomic E-state index is 12.3. The lowest BCUT2D eigenvalue weighted by atomic mass is 10.0. The fourth-order valence-corrected chi connectivity index (χ4v) is 1.14. The van der Waals surface area contributed by atoms with Crippen LogP contribution in [0.2, 0.25) is 0 Å². The normalized spacial score (nSPS) is 13.3. The monoisotopic (exact) mass is 214 g/mol. The molecule has 0 aliphatic rings. The van der Waals surface area contributed by atoms with Gasteiger partial charge in [-0.3, -0.25) is 5.84 Å². The molecule has 1 aromatic rings. The summed E-state index contributed by atoms with van der Waals surface area (Å²) in [6.45, 7) is 0. The number of nitrogens with one attached hydrogen (secondary N) is 1. The van der Waals surface area contributed by atoms with E-state index in [4.69, 9.17) is 12.3 Å². The molecule has 0 bridgehead atoms. The average molecular weight is 214 g/mol. The SMILES string of the molecule is C#CC(NN)c1cccc(C(F)(F)F)c1. The van der Waals surface area contributed by atoms with Crippen molar-refractivity contribution in [2.24, 2.45) is 5.84 Å². The van der Waals surface area contributed by atoms with E-state index in [2.05, 4.69) is 11.3 Å². The lowest BCUT2D eigenvalue weighted by Crippen LogP contribution is -2.27. The molecule has 0 heterocycles. The lowest BCUT2D eigenvalue weighted by Gasteiger charge is -2.12. The molecule has 1 rings (SSSR count). The standard InChI is InChI=1S/C10H9F3N2/c1-2-9(15-14)7-4-3-5-8(6-7)10(11,12)13/h1,3-6,9,15H,14H2. The van der Waals surface area contributed by atoms with Crippen LogP contribution < -0.4 is 11.3 Å². The maximum atomic E-state index is 12.3. The molecule has 0 fully saturated rings. The Kier molecular flexibility index (Phi) is 3.35. The average Bonchev–Trinajstić information content (AvgIpc) is 2.19. The van der Waals surface area contributed by atoms with E-state index in [-0.39, 0.29) is 0 Å². The Bertz CT molecular complexity index is 379. The van der Waals surface area contributed by atoms with Gasteiger partial charge in [-0.15, -0.1) is 6.42 Å². The molecule has 0 aliphatic carbocycles. The van der Waals surface area contributed by atoms with E-state index in [1.54, 1.807) is 0 Å². The summed E-state index contributed by atoms with van der Waals surface area (Å²) in [5.74, 6) is 7.34. The fourth-order valence-electron chi connectivity index (χ4n) is 1.14. The van der Waals surface area contributed by atoms with Crippen LogP contribution in [0.3, 0.4) is 0 Å². The highest BCUT2D eigenvalue weighted by Crippen LogP contribution is 2.30. The second kappa shape index (κ2) is 4.34. The molecule has 0 aromatic heterocycles. The number of halogens is 3. The van der Waals surface area contributed by atoms with E-state index in [0.717, 1.165) is 12.1 Å². The molecule has 1 atom stereocenters. The summed E-state index contributed by atoms with van der Waals surface area (Å²) >= 11 is 0. The van der Waals surface area contributed by atoms with Crippen molar-refractivity contribution in [1.29, 1.82) is 0 Å². The minimum atomic E-state index is -4.37. The molecule has 80 valence electrons. The molecule has 0 saturated heterocycles. The van der Waals surface area contributed by atoms with Gasteiger partial charge in [-0.25, -0.2) is 5.43 Å². The number of nitrogens with two attached hydrogens (primary N) is 1. The first-order valence-electron chi connectivity index (χ1n) is 4.08. The Hall–Kier alpha value is -1.51. The van der Waals surface area contributed by atoms with Gasteiger partial charge in [0.15, 0.2) is 0 Å². The summed E-state index contributed by atoms with van der Waals surface area (Å²) in [5, 5.41) is 0. The zero-order chi connectivity index (χ0) is 11.5. The van der Waals surface area contributed by atoms with Crippen molar-refractivity contribution >= 4 is 0 Å². The summed E-state index contributed by atoms with van der Waals surface area (Å²) in [5.41, 5.74) is 1.82. The zero-order valence-corrected chi connectivity index (χ0v) is 7.68. The minimum absolute atomic E-state index is 0.315. The summed E-state index contributed by atoms with van der Waals surface area (Å²) in [6.07, 6.45) is 0.729. The van der Waals surface area contributed by atoms with Gasteiger partial charge in [-0.05, 0) is 17.7 Å². The fraction of sp³-hybridized carbons (Fsp3) is 0.200. The van der Waals surface area contributed by atoms with Crippen LogP contribution in [-0.4, -0.2) is 0 Å². The number of alkyl halides is 3. The number of hydrogen-bond acceptors (Lipinski definition) is 2. The van der Waals surface area contributed by atoms with E-state index >= 15 is 0 Å². The van der Waals surface area contributed by atoms with Gasteiger partial charge in [-0.2, -0.15) is 13.2 Å². The highest BCUT2D eigenvalue weighted by Gasteiger charge is 2.30. The van der Waals surface area contributed by atoms with E-state index in [0.29, 0.717) is 5.56 Å². The Labute approximate surface area is 85.2 Å². The Morgan fingerprint density at radius 3 is 2.53 bits per heavy atom. The van der Waals surface area contributed by atoms with Crippen molar-refractivity contribution in [3.63, 3.8) is 0 Å². The van der Waals surface area contributed by atoms with Crippen LogP contribution in [-0.2, 0) is 6.18 Å². The molecule has 0 aliphatic heterocycles. The number of terminal acetylenes is 1. The molecule has 1 aromatic carbocycles. The smallest absolute Gasteiger partial charge is 0.270 e. The van der Waals surface area contributed by atoms with Crippen LogP contribution in [0.25, 0.3) is 0 Å². The molecule has 2 nitrogen and oxygen atoms in total. The van der Waals surface area contributed by atoms with Crippen molar-refractivity contribution < 1.29 is 13.2 Å². The van der Waals surface area contributed by atoms with Gasteiger partial charge in [0.25, 0.3) is 0 Å². The van der Waals surface area contributed by atoms with Gasteiger partial charge in [0.2, 0.25) is 0 Å². The van der Waals surface area contributed by atoms with E-state index in [1.807, 2.05) is 0 Å². The third-order valence-electron chi connectivity index (χ3n) is 1.88. The van der Waals surface area contributed by atoms with Crippen LogP contribution >= 0.6 is 0 Å². The van der Waals surface area contributed by atoms with Crippen molar-refractivity contribution in [1.82, 2.24) is 5.43 Å². The van der Waals surface area contributed by atoms with Crippen LogP contribution in [0.15, 0.2) is 24.3 Å². The second-order valence-corrected chi connectivity index (χ2v) is 2.89. The largest absolute Gasteiger partial charge is 0.416 e. The highest BCUT2D eigenvalue weighted by atomic mass is 19.4. The first-order valence-corrected chi connectivity index (χ1v) is 4.08. The van der Waals surface area contributed by atoms with Crippen molar-refractivity contribution in [2.75, 3.05) is 0 Å². The van der Waals surface area contributed by atoms with E-state index in [1.165, 1.54) is 12.1 Å². The number of hydrazine groups is 1. The number of benzene rings is 1. The van der Waals surface area contributed by atoms with Crippen molar-refractivity contribution in [3.8, 4) is 12.3 Å². The lowest BCUT2D eigenvalue weighted by molar-refractivity contribution is -0.137. The number of hydrogen-bond donors (Lipinski definition) is 2. The molecule has 0 saturated carbocycles. The van der Waals surface area contributed by atoms with Crippen LogP contribution in [0, 0.1) is 12.3 Å². The first kappa shape index (κ1) is 11.6. The van der Waals surface area contributed by atoms with Crippen LogP contribution in [0.4, 0.5) is 13.2 Å². The molecular weight excluding hydrogens is 205 g/mol. The Morgan fingerprint density at radius 2 is 2.07 bits per heavy atom. The molecule has 0 amide bonds. The summed E-state index contributed by atoms with van der Waals surface area (Å²) in [4.78, 5) is 0. The zero-order valence-electron chi connectivity index (χ0n) is 7.68. The van der Waals surface area contributed by atoms with Crippen LogP contribution in [0.1, 0.15) is 17.2 Å². The second-order valence-electron chi connectivity index (χ2n) is 2.89. The Balaban J connectivity index is 3.09. The topological polar surface area (TPSA) is 38.0 Å². The number of rotatable bonds is 2. The van der Waals surface area contributed by atoms with Crippen LogP contribution in [0.5, 0.6) is 0 Å².